The summed E-state index contributed by atoms with van der Waals surface area (Å²) in [5.74, 6) is 5.42. The first-order valence-electron chi connectivity index (χ1n) is 5.61. The predicted octanol–water partition coefficient (Wildman–Crippen LogP) is 1.63. The molecule has 1 atom stereocenters. The first-order valence-corrected chi connectivity index (χ1v) is 5.61. The summed E-state index contributed by atoms with van der Waals surface area (Å²) in [6.45, 7) is 0. The Morgan fingerprint density at radius 2 is 1.80 bits per heavy atom. The second-order valence-corrected chi connectivity index (χ2v) is 4.11. The minimum atomic E-state index is -4.45. The van der Waals surface area contributed by atoms with E-state index >= 15 is 0 Å². The zero-order chi connectivity index (χ0) is 14.8. The van der Waals surface area contributed by atoms with Crippen molar-refractivity contribution in [2.24, 2.45) is 5.84 Å². The van der Waals surface area contributed by atoms with Gasteiger partial charge in [0.05, 0.1) is 11.6 Å². The Balaban J connectivity index is 2.50. The van der Waals surface area contributed by atoms with E-state index in [-0.39, 0.29) is 11.3 Å². The minimum Gasteiger partial charge on any atom is -0.398 e. The number of nitrogens with two attached hydrogens (primary N) is 2. The van der Waals surface area contributed by atoms with Crippen LogP contribution in [0, 0.1) is 0 Å². The number of hydrogen-bond donors (Lipinski definition) is 3. The summed E-state index contributed by atoms with van der Waals surface area (Å²) in [5.41, 5.74) is 8.31. The third-order valence-corrected chi connectivity index (χ3v) is 2.81. The van der Waals surface area contributed by atoms with Gasteiger partial charge in [0.25, 0.3) is 0 Å². The van der Waals surface area contributed by atoms with Crippen molar-refractivity contribution in [3.8, 4) is 0 Å². The number of nitrogens with one attached hydrogen (secondary N) is 1. The van der Waals surface area contributed by atoms with Gasteiger partial charge in [-0.2, -0.15) is 13.2 Å². The summed E-state index contributed by atoms with van der Waals surface area (Å²) in [6.07, 6.45) is -0.226. The van der Waals surface area contributed by atoms with E-state index in [0.29, 0.717) is 5.56 Å². The van der Waals surface area contributed by atoms with Gasteiger partial charge >= 0.3 is 6.18 Å². The molecule has 0 radical (unpaired) electrons. The zero-order valence-electron chi connectivity index (χ0n) is 10.2. The van der Waals surface area contributed by atoms with Crippen LogP contribution in [0.15, 0.2) is 36.9 Å². The van der Waals surface area contributed by atoms with E-state index in [9.17, 15) is 13.2 Å². The van der Waals surface area contributed by atoms with Crippen molar-refractivity contribution in [3.05, 3.63) is 53.6 Å². The lowest BCUT2D eigenvalue weighted by atomic mass is 9.98. The van der Waals surface area contributed by atoms with Gasteiger partial charge in [-0.25, -0.2) is 15.4 Å². The van der Waals surface area contributed by atoms with Crippen molar-refractivity contribution < 1.29 is 13.2 Å². The number of hydrogen-bond acceptors (Lipinski definition) is 5. The molecule has 0 spiro atoms. The largest absolute Gasteiger partial charge is 0.416 e. The highest BCUT2D eigenvalue weighted by Crippen LogP contribution is 2.34. The molecule has 2 rings (SSSR count). The van der Waals surface area contributed by atoms with Crippen molar-refractivity contribution in [2.75, 3.05) is 5.73 Å². The van der Waals surface area contributed by atoms with Crippen LogP contribution in [0.5, 0.6) is 0 Å². The lowest BCUT2D eigenvalue weighted by Gasteiger charge is -2.19. The molecule has 0 bridgehead atoms. The zero-order valence-corrected chi connectivity index (χ0v) is 10.2. The normalized spacial score (nSPS) is 13.2. The van der Waals surface area contributed by atoms with E-state index in [0.717, 1.165) is 12.1 Å². The van der Waals surface area contributed by atoms with Crippen molar-refractivity contribution in [1.82, 2.24) is 15.4 Å². The van der Waals surface area contributed by atoms with E-state index in [4.69, 9.17) is 11.6 Å². The van der Waals surface area contributed by atoms with E-state index in [2.05, 4.69) is 15.4 Å². The monoisotopic (exact) mass is 283 g/mol. The van der Waals surface area contributed by atoms with Crippen molar-refractivity contribution in [3.63, 3.8) is 0 Å². The Kier molecular flexibility index (Phi) is 3.86. The van der Waals surface area contributed by atoms with Crippen LogP contribution in [0.25, 0.3) is 0 Å². The molecule has 1 aromatic heterocycles. The second kappa shape index (κ2) is 5.43. The second-order valence-electron chi connectivity index (χ2n) is 4.11. The highest BCUT2D eigenvalue weighted by Gasteiger charge is 2.31. The maximum absolute atomic E-state index is 12.8. The number of nitrogens with zero attached hydrogens (tertiary/aromatic N) is 2. The number of nitrogen functional groups attached to an aromatic ring is 1. The van der Waals surface area contributed by atoms with E-state index in [1.807, 2.05) is 0 Å². The van der Waals surface area contributed by atoms with Crippen LogP contribution >= 0.6 is 0 Å². The molecule has 5 N–H and O–H groups in total. The molecule has 20 heavy (non-hydrogen) atoms. The number of alkyl halides is 3. The molecule has 1 heterocycles. The highest BCUT2D eigenvalue weighted by molar-refractivity contribution is 5.53. The van der Waals surface area contributed by atoms with Crippen LogP contribution in [0.1, 0.15) is 22.7 Å². The molecule has 0 saturated carbocycles. The van der Waals surface area contributed by atoms with Crippen molar-refractivity contribution in [2.45, 2.75) is 12.2 Å². The van der Waals surface area contributed by atoms with Crippen LogP contribution in [-0.2, 0) is 6.18 Å². The average molecular weight is 283 g/mol. The van der Waals surface area contributed by atoms with Crippen LogP contribution in [0.2, 0.25) is 0 Å². The summed E-state index contributed by atoms with van der Waals surface area (Å²) in [5, 5.41) is 0. The van der Waals surface area contributed by atoms with Gasteiger partial charge in [-0.05, 0) is 23.8 Å². The standard InChI is InChI=1S/C12H12F3N5/c13-12(14,15)8-1-2-10(16)9(3-8)11(20-17)7-4-18-6-19-5-7/h1-6,11,20H,16-17H2. The molecule has 106 valence electrons. The number of anilines is 1. The number of benzene rings is 1. The molecule has 0 amide bonds. The molecule has 0 aliphatic heterocycles. The topological polar surface area (TPSA) is 89.8 Å². The molecular weight excluding hydrogens is 271 g/mol. The maximum atomic E-state index is 12.8. The van der Waals surface area contributed by atoms with Crippen LogP contribution < -0.4 is 17.0 Å². The van der Waals surface area contributed by atoms with Gasteiger partial charge in [0, 0.05) is 23.6 Å². The third kappa shape index (κ3) is 2.86. The lowest BCUT2D eigenvalue weighted by Crippen LogP contribution is -2.30. The SMILES string of the molecule is NNC(c1cncnc1)c1cc(C(F)(F)F)ccc1N. The minimum absolute atomic E-state index is 0.199. The first-order chi connectivity index (χ1) is 9.43. The van der Waals surface area contributed by atoms with E-state index in [1.165, 1.54) is 24.8 Å². The molecule has 0 aliphatic carbocycles. The predicted molar refractivity (Wildman–Crippen MR) is 67.1 cm³/mol. The van der Waals surface area contributed by atoms with Gasteiger partial charge < -0.3 is 5.73 Å². The first kappa shape index (κ1) is 14.2. The quantitative estimate of drug-likeness (QED) is 0.452. The smallest absolute Gasteiger partial charge is 0.398 e. The summed E-state index contributed by atoms with van der Waals surface area (Å²) < 4.78 is 38.3. The molecule has 1 unspecified atom stereocenters. The molecule has 1 aromatic carbocycles. The molecule has 8 heteroatoms. The Hall–Kier alpha value is -2.19. The van der Waals surface area contributed by atoms with Gasteiger partial charge in [-0.3, -0.25) is 5.84 Å². The van der Waals surface area contributed by atoms with Crippen molar-refractivity contribution >= 4 is 5.69 Å². The third-order valence-electron chi connectivity index (χ3n) is 2.81. The number of hydrazine groups is 1. The van der Waals surface area contributed by atoms with Crippen molar-refractivity contribution in [1.29, 1.82) is 0 Å². The number of aromatic nitrogens is 2. The molecule has 0 saturated heterocycles. The highest BCUT2D eigenvalue weighted by atomic mass is 19.4. The van der Waals surface area contributed by atoms with E-state index in [1.54, 1.807) is 0 Å². The molecule has 0 aliphatic rings. The Morgan fingerprint density at radius 3 is 2.35 bits per heavy atom. The van der Waals surface area contributed by atoms with Gasteiger partial charge in [0.15, 0.2) is 0 Å². The fourth-order valence-electron chi connectivity index (χ4n) is 1.83. The van der Waals surface area contributed by atoms with Gasteiger partial charge in [0.1, 0.15) is 6.33 Å². The fraction of sp³-hybridized carbons (Fsp3) is 0.167. The lowest BCUT2D eigenvalue weighted by molar-refractivity contribution is -0.137. The van der Waals surface area contributed by atoms with E-state index < -0.39 is 17.8 Å². The summed E-state index contributed by atoms with van der Waals surface area (Å²) in [6, 6.07) is 2.37. The molecule has 0 fully saturated rings. The molecule has 5 nitrogen and oxygen atoms in total. The summed E-state index contributed by atoms with van der Waals surface area (Å²) in [7, 11) is 0. The summed E-state index contributed by atoms with van der Waals surface area (Å²) in [4.78, 5) is 7.62. The van der Waals surface area contributed by atoms with Crippen LogP contribution in [0.4, 0.5) is 18.9 Å². The van der Waals surface area contributed by atoms with Gasteiger partial charge in [0.2, 0.25) is 0 Å². The molecule has 2 aromatic rings. The Labute approximate surface area is 112 Å². The Bertz CT molecular complexity index is 585. The number of halogens is 3. The van der Waals surface area contributed by atoms with Gasteiger partial charge in [-0.1, -0.05) is 0 Å². The summed E-state index contributed by atoms with van der Waals surface area (Å²) >= 11 is 0. The Morgan fingerprint density at radius 1 is 1.15 bits per heavy atom. The number of rotatable bonds is 3. The molecular formula is C12H12F3N5. The maximum Gasteiger partial charge on any atom is 0.416 e. The van der Waals surface area contributed by atoms with Crippen LogP contribution in [-0.4, -0.2) is 9.97 Å². The average Bonchev–Trinajstić information content (AvgIpc) is 2.41. The van der Waals surface area contributed by atoms with Gasteiger partial charge in [-0.15, -0.1) is 0 Å². The van der Waals surface area contributed by atoms with Crippen LogP contribution in [0.3, 0.4) is 0 Å². The fourth-order valence-corrected chi connectivity index (χ4v) is 1.83.